The Kier molecular flexibility index (Phi) is 3.88. The Morgan fingerprint density at radius 3 is 3.00 bits per heavy atom. The van der Waals surface area contributed by atoms with Gasteiger partial charge in [-0.1, -0.05) is 11.6 Å². The first kappa shape index (κ1) is 12.9. The first-order valence-corrected chi connectivity index (χ1v) is 5.81. The van der Waals surface area contributed by atoms with Crippen LogP contribution in [0.4, 0.5) is 0 Å². The topological polar surface area (TPSA) is 71.6 Å². The predicted molar refractivity (Wildman–Crippen MR) is 63.5 cm³/mol. The molecule has 18 heavy (non-hydrogen) atoms. The van der Waals surface area contributed by atoms with E-state index in [1.54, 1.807) is 0 Å². The number of rotatable bonds is 2. The summed E-state index contributed by atoms with van der Waals surface area (Å²) in [6, 6.07) is 0.812. The number of carbonyl (C=O) groups is 2. The van der Waals surface area contributed by atoms with Gasteiger partial charge < -0.3 is 19.4 Å². The second-order valence-electron chi connectivity index (χ2n) is 3.84. The van der Waals surface area contributed by atoms with Gasteiger partial charge in [0.25, 0.3) is 5.91 Å². The molecular weight excluding hydrogens is 260 g/mol. The lowest BCUT2D eigenvalue weighted by molar-refractivity contribution is -0.151. The number of methoxy groups -OCH3 is 1. The van der Waals surface area contributed by atoms with E-state index in [2.05, 4.69) is 9.72 Å². The smallest absolute Gasteiger partial charge is 0.331 e. The molecule has 0 saturated carbocycles. The third-order valence-corrected chi connectivity index (χ3v) is 2.96. The summed E-state index contributed by atoms with van der Waals surface area (Å²) in [5.74, 6) is -0.777. The van der Waals surface area contributed by atoms with E-state index in [0.717, 1.165) is 0 Å². The van der Waals surface area contributed by atoms with Crippen LogP contribution in [0.5, 0.6) is 0 Å². The molecule has 0 spiro atoms. The van der Waals surface area contributed by atoms with Crippen molar-refractivity contribution < 1.29 is 19.1 Å². The Morgan fingerprint density at radius 1 is 1.61 bits per heavy atom. The van der Waals surface area contributed by atoms with Gasteiger partial charge >= 0.3 is 5.97 Å². The number of nitrogens with zero attached hydrogens (tertiary/aromatic N) is 1. The molecule has 1 aliphatic rings. The lowest BCUT2D eigenvalue weighted by atomic mass is 10.2. The third-order valence-electron chi connectivity index (χ3n) is 2.74. The summed E-state index contributed by atoms with van der Waals surface area (Å²) < 4.78 is 9.86. The Morgan fingerprint density at radius 2 is 2.39 bits per heavy atom. The van der Waals surface area contributed by atoms with Crippen molar-refractivity contribution >= 4 is 23.5 Å². The van der Waals surface area contributed by atoms with Crippen molar-refractivity contribution in [3.05, 3.63) is 23.0 Å². The van der Waals surface area contributed by atoms with Gasteiger partial charge in [-0.25, -0.2) is 4.79 Å². The fourth-order valence-corrected chi connectivity index (χ4v) is 1.99. The molecule has 2 heterocycles. The Bertz CT molecular complexity index is 460. The molecule has 0 aromatic carbocycles. The zero-order chi connectivity index (χ0) is 13.1. The fourth-order valence-electron chi connectivity index (χ4n) is 1.82. The zero-order valence-electron chi connectivity index (χ0n) is 9.81. The standard InChI is InChI=1S/C11H13ClN2O4/c1-17-11(16)9-6-18-3-2-14(9)10(15)8-4-7(12)5-13-8/h4-5,9,13H,2-3,6H2,1H3. The highest BCUT2D eigenvalue weighted by atomic mass is 35.5. The van der Waals surface area contributed by atoms with E-state index < -0.39 is 12.0 Å². The lowest BCUT2D eigenvalue weighted by Gasteiger charge is -2.33. The first-order valence-electron chi connectivity index (χ1n) is 5.44. The van der Waals surface area contributed by atoms with Gasteiger partial charge in [-0.2, -0.15) is 0 Å². The highest BCUT2D eigenvalue weighted by Crippen LogP contribution is 2.16. The van der Waals surface area contributed by atoms with Gasteiger partial charge in [-0.3, -0.25) is 4.79 Å². The second-order valence-corrected chi connectivity index (χ2v) is 4.28. The fraction of sp³-hybridized carbons (Fsp3) is 0.455. The zero-order valence-corrected chi connectivity index (χ0v) is 10.6. The van der Waals surface area contributed by atoms with Gasteiger partial charge in [0.2, 0.25) is 0 Å². The molecule has 2 rings (SSSR count). The summed E-state index contributed by atoms with van der Waals surface area (Å²) in [5.41, 5.74) is 0.343. The average molecular weight is 273 g/mol. The van der Waals surface area contributed by atoms with Crippen molar-refractivity contribution in [3.63, 3.8) is 0 Å². The van der Waals surface area contributed by atoms with Crippen molar-refractivity contribution in [2.75, 3.05) is 26.9 Å². The van der Waals surface area contributed by atoms with Crippen LogP contribution >= 0.6 is 11.6 Å². The number of morpholine rings is 1. The van der Waals surface area contributed by atoms with Crippen LogP contribution in [0.15, 0.2) is 12.3 Å². The Hall–Kier alpha value is -1.53. The lowest BCUT2D eigenvalue weighted by Crippen LogP contribution is -2.53. The summed E-state index contributed by atoms with van der Waals surface area (Å²) >= 11 is 5.75. The van der Waals surface area contributed by atoms with Gasteiger partial charge in [0.05, 0.1) is 25.3 Å². The molecule has 6 nitrogen and oxygen atoms in total. The van der Waals surface area contributed by atoms with Gasteiger partial charge in [-0.15, -0.1) is 0 Å². The van der Waals surface area contributed by atoms with Crippen molar-refractivity contribution in [1.82, 2.24) is 9.88 Å². The summed E-state index contributed by atoms with van der Waals surface area (Å²) in [7, 11) is 1.28. The SMILES string of the molecule is COC(=O)C1COCCN1C(=O)c1cc(Cl)c[nH]1. The normalized spacial score (nSPS) is 19.7. The highest BCUT2D eigenvalue weighted by Gasteiger charge is 2.34. The minimum Gasteiger partial charge on any atom is -0.467 e. The molecule has 1 aliphatic heterocycles. The van der Waals surface area contributed by atoms with Crippen LogP contribution in [-0.4, -0.2) is 54.7 Å². The van der Waals surface area contributed by atoms with E-state index in [4.69, 9.17) is 16.3 Å². The Labute approximate surface area is 109 Å². The molecule has 98 valence electrons. The number of ether oxygens (including phenoxy) is 2. The van der Waals surface area contributed by atoms with Crippen molar-refractivity contribution in [2.24, 2.45) is 0 Å². The maximum Gasteiger partial charge on any atom is 0.331 e. The first-order chi connectivity index (χ1) is 8.63. The summed E-state index contributed by atoms with van der Waals surface area (Å²) in [4.78, 5) is 28.0. The van der Waals surface area contributed by atoms with Gasteiger partial charge in [-0.05, 0) is 6.07 Å². The maximum atomic E-state index is 12.2. The molecule has 1 amide bonds. The van der Waals surface area contributed by atoms with Gasteiger partial charge in [0.1, 0.15) is 5.69 Å². The molecule has 1 fully saturated rings. The van der Waals surface area contributed by atoms with Crippen LogP contribution in [0.25, 0.3) is 0 Å². The van der Waals surface area contributed by atoms with E-state index in [1.165, 1.54) is 24.3 Å². The van der Waals surface area contributed by atoms with Crippen LogP contribution in [0, 0.1) is 0 Å². The molecule has 0 aliphatic carbocycles. The van der Waals surface area contributed by atoms with E-state index in [0.29, 0.717) is 23.9 Å². The van der Waals surface area contributed by atoms with Crippen molar-refractivity contribution in [1.29, 1.82) is 0 Å². The maximum absolute atomic E-state index is 12.2. The van der Waals surface area contributed by atoms with E-state index in [9.17, 15) is 9.59 Å². The second kappa shape index (κ2) is 5.41. The van der Waals surface area contributed by atoms with E-state index in [1.807, 2.05) is 0 Å². The molecule has 1 unspecified atom stereocenters. The third kappa shape index (κ3) is 2.49. The molecule has 1 aromatic rings. The van der Waals surface area contributed by atoms with Gasteiger partial charge in [0, 0.05) is 12.7 Å². The number of hydrogen-bond donors (Lipinski definition) is 1. The van der Waals surface area contributed by atoms with Crippen molar-refractivity contribution in [2.45, 2.75) is 6.04 Å². The van der Waals surface area contributed by atoms with Gasteiger partial charge in [0.15, 0.2) is 6.04 Å². The number of amides is 1. The number of nitrogens with one attached hydrogen (secondary N) is 1. The summed E-state index contributed by atoms with van der Waals surface area (Å²) in [6.07, 6.45) is 1.52. The van der Waals surface area contributed by atoms with Crippen LogP contribution in [0.3, 0.4) is 0 Å². The molecular formula is C11H13ClN2O4. The molecule has 0 radical (unpaired) electrons. The average Bonchev–Trinajstić information content (AvgIpc) is 2.83. The molecule has 1 N–H and O–H groups in total. The number of esters is 1. The number of hydrogen-bond acceptors (Lipinski definition) is 4. The monoisotopic (exact) mass is 272 g/mol. The highest BCUT2D eigenvalue weighted by molar-refractivity contribution is 6.31. The quantitative estimate of drug-likeness (QED) is 0.804. The molecule has 1 saturated heterocycles. The molecule has 1 atom stereocenters. The van der Waals surface area contributed by atoms with Crippen molar-refractivity contribution in [3.8, 4) is 0 Å². The minimum absolute atomic E-state index is 0.146. The molecule has 7 heteroatoms. The number of H-pyrrole nitrogens is 1. The predicted octanol–water partition coefficient (Wildman–Crippen LogP) is 0.682. The largest absolute Gasteiger partial charge is 0.467 e. The number of carbonyl (C=O) groups excluding carboxylic acids is 2. The minimum atomic E-state index is -0.710. The van der Waals surface area contributed by atoms with Crippen LogP contribution in [0.2, 0.25) is 5.02 Å². The number of aromatic nitrogens is 1. The number of halogens is 1. The molecule has 0 bridgehead atoms. The van der Waals surface area contributed by atoms with Crippen LogP contribution in [0.1, 0.15) is 10.5 Å². The van der Waals surface area contributed by atoms with Crippen LogP contribution in [-0.2, 0) is 14.3 Å². The summed E-state index contributed by atoms with van der Waals surface area (Å²) in [5, 5.41) is 0.446. The summed E-state index contributed by atoms with van der Waals surface area (Å²) in [6.45, 7) is 0.885. The Balaban J connectivity index is 2.18. The van der Waals surface area contributed by atoms with E-state index >= 15 is 0 Å². The number of aromatic amines is 1. The van der Waals surface area contributed by atoms with Crippen LogP contribution < -0.4 is 0 Å². The molecule has 1 aromatic heterocycles. The van der Waals surface area contributed by atoms with E-state index in [-0.39, 0.29) is 12.5 Å².